The van der Waals surface area contributed by atoms with Gasteiger partial charge in [-0.05, 0) is 82.4 Å². The molecule has 0 saturated carbocycles. The first-order valence-electron chi connectivity index (χ1n) is 11.3. The summed E-state index contributed by atoms with van der Waals surface area (Å²) in [5.41, 5.74) is -0.421. The van der Waals surface area contributed by atoms with Crippen LogP contribution in [0.3, 0.4) is 0 Å². The van der Waals surface area contributed by atoms with Crippen LogP contribution in [0.15, 0.2) is 30.3 Å². The maximum Gasteiger partial charge on any atom is 0.573 e. The summed E-state index contributed by atoms with van der Waals surface area (Å²) in [5.74, 6) is -1.63. The van der Waals surface area contributed by atoms with Gasteiger partial charge in [-0.2, -0.15) is 0 Å². The molecule has 1 saturated heterocycles. The minimum Gasteiger partial charge on any atom is -0.492 e. The lowest BCUT2D eigenvalue weighted by Crippen LogP contribution is -2.35. The van der Waals surface area contributed by atoms with Crippen molar-refractivity contribution in [3.63, 3.8) is 0 Å². The summed E-state index contributed by atoms with van der Waals surface area (Å²) in [6.45, 7) is 7.15. The molecule has 2 aromatic rings. The highest BCUT2D eigenvalue weighted by Crippen LogP contribution is 2.31. The van der Waals surface area contributed by atoms with Crippen LogP contribution in [0.1, 0.15) is 49.5 Å². The Balaban J connectivity index is 1.52. The standard InChI is InChI=1S/C25H27Cl2F4NO4/c1-24(2,3)36-23(33)19-11-20(27)22(12-21(19)28)34-14-15-4-6-32(7-5-15)13-16-8-17(26)10-18(9-16)35-25(29,30)31/h8-12,15H,4-7,13-14H2,1-3H3. The normalized spacial score (nSPS) is 15.6. The number of halogens is 6. The summed E-state index contributed by atoms with van der Waals surface area (Å²) in [4.78, 5) is 14.3. The van der Waals surface area contributed by atoms with E-state index in [9.17, 15) is 22.4 Å². The maximum absolute atomic E-state index is 14.5. The number of likely N-dealkylation sites (tertiary alicyclic amines) is 1. The SMILES string of the molecule is CC(C)(C)OC(=O)c1cc(Cl)c(OCC2CCN(Cc3cc(Cl)cc(OC(F)(F)F)c3)CC2)cc1F. The van der Waals surface area contributed by atoms with Crippen LogP contribution < -0.4 is 9.47 Å². The fourth-order valence-corrected chi connectivity index (χ4v) is 4.28. The van der Waals surface area contributed by atoms with Gasteiger partial charge in [0.15, 0.2) is 0 Å². The molecular weight excluding hydrogens is 525 g/mol. The number of piperidine rings is 1. The average molecular weight is 552 g/mol. The van der Waals surface area contributed by atoms with Gasteiger partial charge >= 0.3 is 12.3 Å². The fraction of sp³-hybridized carbons (Fsp3) is 0.480. The molecule has 0 atom stereocenters. The molecule has 1 aliphatic heterocycles. The molecule has 1 heterocycles. The summed E-state index contributed by atoms with van der Waals surface area (Å²) in [6.07, 6.45) is -3.26. The van der Waals surface area contributed by atoms with Crippen molar-refractivity contribution >= 4 is 29.2 Å². The number of nitrogens with zero attached hydrogens (tertiary/aromatic N) is 1. The molecule has 3 rings (SSSR count). The molecule has 36 heavy (non-hydrogen) atoms. The molecule has 0 aromatic heterocycles. The number of rotatable bonds is 7. The van der Waals surface area contributed by atoms with Crippen molar-refractivity contribution in [2.45, 2.75) is 52.1 Å². The Hall–Kier alpha value is -2.23. The molecule has 2 aromatic carbocycles. The number of carbonyl (C=O) groups excluding carboxylic acids is 1. The lowest BCUT2D eigenvalue weighted by atomic mass is 9.97. The van der Waals surface area contributed by atoms with Crippen LogP contribution >= 0.6 is 23.2 Å². The Bertz CT molecular complexity index is 1080. The molecule has 1 aliphatic rings. The van der Waals surface area contributed by atoms with Crippen LogP contribution in [0.2, 0.25) is 10.0 Å². The number of hydrogen-bond donors (Lipinski definition) is 0. The van der Waals surface area contributed by atoms with Crippen molar-refractivity contribution in [3.8, 4) is 11.5 Å². The average Bonchev–Trinajstić information content (AvgIpc) is 2.72. The van der Waals surface area contributed by atoms with Crippen molar-refractivity contribution in [2.24, 2.45) is 5.92 Å². The molecule has 0 aliphatic carbocycles. The minimum absolute atomic E-state index is 0.104. The van der Waals surface area contributed by atoms with E-state index in [0.717, 1.165) is 25.0 Å². The van der Waals surface area contributed by atoms with Gasteiger partial charge in [-0.3, -0.25) is 4.90 Å². The predicted molar refractivity (Wildman–Crippen MR) is 128 cm³/mol. The minimum atomic E-state index is -4.79. The summed E-state index contributed by atoms with van der Waals surface area (Å²) in [5, 5.41) is 0.268. The van der Waals surface area contributed by atoms with Gasteiger partial charge in [0, 0.05) is 17.6 Å². The molecule has 0 radical (unpaired) electrons. The van der Waals surface area contributed by atoms with E-state index in [1.54, 1.807) is 26.8 Å². The van der Waals surface area contributed by atoms with Gasteiger partial charge in [-0.25, -0.2) is 9.18 Å². The first kappa shape index (κ1) is 28.3. The number of ether oxygens (including phenoxy) is 3. The van der Waals surface area contributed by atoms with Crippen molar-refractivity contribution in [1.82, 2.24) is 4.90 Å². The van der Waals surface area contributed by atoms with E-state index in [1.165, 1.54) is 12.1 Å². The molecule has 1 fully saturated rings. The summed E-state index contributed by atoms with van der Waals surface area (Å²) in [7, 11) is 0. The van der Waals surface area contributed by atoms with Gasteiger partial charge in [0.25, 0.3) is 0 Å². The predicted octanol–water partition coefficient (Wildman–Crippen LogP) is 7.28. The highest BCUT2D eigenvalue weighted by molar-refractivity contribution is 6.32. The van der Waals surface area contributed by atoms with Gasteiger partial charge in [0.1, 0.15) is 22.9 Å². The molecule has 0 unspecified atom stereocenters. The van der Waals surface area contributed by atoms with Gasteiger partial charge in [0.05, 0.1) is 17.2 Å². The van der Waals surface area contributed by atoms with Crippen molar-refractivity contribution in [1.29, 1.82) is 0 Å². The lowest BCUT2D eigenvalue weighted by molar-refractivity contribution is -0.274. The highest BCUT2D eigenvalue weighted by atomic mass is 35.5. The Kier molecular flexibility index (Phi) is 9.01. The third-order valence-corrected chi connectivity index (χ3v) is 5.91. The maximum atomic E-state index is 14.5. The van der Waals surface area contributed by atoms with E-state index < -0.39 is 23.7 Å². The van der Waals surface area contributed by atoms with E-state index in [4.69, 9.17) is 32.7 Å². The van der Waals surface area contributed by atoms with Crippen LogP contribution in [0, 0.1) is 11.7 Å². The Morgan fingerprint density at radius 2 is 1.72 bits per heavy atom. The molecule has 5 nitrogen and oxygen atoms in total. The van der Waals surface area contributed by atoms with Gasteiger partial charge in [0.2, 0.25) is 0 Å². The Labute approximate surface area is 217 Å². The van der Waals surface area contributed by atoms with Crippen LogP contribution in [-0.4, -0.2) is 42.5 Å². The zero-order valence-electron chi connectivity index (χ0n) is 20.1. The second kappa shape index (κ2) is 11.4. The summed E-state index contributed by atoms with van der Waals surface area (Å²) in [6, 6.07) is 6.33. The molecule has 0 N–H and O–H groups in total. The zero-order chi connectivity index (χ0) is 26.7. The largest absolute Gasteiger partial charge is 0.573 e. The molecular formula is C25H27Cl2F4NO4. The van der Waals surface area contributed by atoms with Gasteiger partial charge in [-0.1, -0.05) is 23.2 Å². The Morgan fingerprint density at radius 3 is 2.33 bits per heavy atom. The zero-order valence-corrected chi connectivity index (χ0v) is 21.6. The van der Waals surface area contributed by atoms with Crippen LogP contribution in [0.4, 0.5) is 17.6 Å². The smallest absolute Gasteiger partial charge is 0.492 e. The van der Waals surface area contributed by atoms with E-state index in [2.05, 4.69) is 9.64 Å². The lowest BCUT2D eigenvalue weighted by Gasteiger charge is -2.32. The first-order valence-corrected chi connectivity index (χ1v) is 12.1. The molecule has 11 heteroatoms. The molecule has 0 spiro atoms. The van der Waals surface area contributed by atoms with Gasteiger partial charge in [-0.15, -0.1) is 13.2 Å². The Morgan fingerprint density at radius 1 is 1.06 bits per heavy atom. The second-order valence-electron chi connectivity index (χ2n) is 9.64. The van der Waals surface area contributed by atoms with Crippen molar-refractivity contribution in [3.05, 3.63) is 57.3 Å². The summed E-state index contributed by atoms with van der Waals surface area (Å²) >= 11 is 12.2. The number of benzene rings is 2. The quantitative estimate of drug-likeness (QED) is 0.267. The van der Waals surface area contributed by atoms with E-state index in [1.807, 2.05) is 0 Å². The third kappa shape index (κ3) is 8.71. The molecule has 0 bridgehead atoms. The van der Waals surface area contributed by atoms with Crippen molar-refractivity contribution in [2.75, 3.05) is 19.7 Å². The number of alkyl halides is 3. The van der Waals surface area contributed by atoms with E-state index in [-0.39, 0.29) is 33.0 Å². The van der Waals surface area contributed by atoms with Crippen molar-refractivity contribution < 1.29 is 36.6 Å². The topological polar surface area (TPSA) is 48.0 Å². The van der Waals surface area contributed by atoms with E-state index >= 15 is 0 Å². The summed E-state index contributed by atoms with van der Waals surface area (Å²) < 4.78 is 67.0. The van der Waals surface area contributed by atoms with Crippen LogP contribution in [-0.2, 0) is 11.3 Å². The van der Waals surface area contributed by atoms with Gasteiger partial charge < -0.3 is 14.2 Å². The molecule has 198 valence electrons. The monoisotopic (exact) mass is 551 g/mol. The number of hydrogen-bond acceptors (Lipinski definition) is 5. The molecule has 0 amide bonds. The number of esters is 1. The third-order valence-electron chi connectivity index (χ3n) is 5.39. The van der Waals surface area contributed by atoms with E-state index in [0.29, 0.717) is 31.8 Å². The fourth-order valence-electron chi connectivity index (χ4n) is 3.81. The van der Waals surface area contributed by atoms with Crippen LogP contribution in [0.5, 0.6) is 11.5 Å². The highest BCUT2D eigenvalue weighted by Gasteiger charge is 2.31. The number of carbonyl (C=O) groups is 1. The second-order valence-corrected chi connectivity index (χ2v) is 10.5. The first-order chi connectivity index (χ1) is 16.7. The van der Waals surface area contributed by atoms with Crippen LogP contribution in [0.25, 0.3) is 0 Å².